The Morgan fingerprint density at radius 3 is 2.50 bits per heavy atom. The first-order valence-electron chi connectivity index (χ1n) is 8.60. The van der Waals surface area contributed by atoms with Crippen LogP contribution in [0.2, 0.25) is 0 Å². The van der Waals surface area contributed by atoms with Gasteiger partial charge >= 0.3 is 6.18 Å². The number of hydrogen-bond acceptors (Lipinski definition) is 3. The lowest BCUT2D eigenvalue weighted by Crippen LogP contribution is -2.35. The summed E-state index contributed by atoms with van der Waals surface area (Å²) in [6.45, 7) is 2.99. The first kappa shape index (κ1) is 19.6. The van der Waals surface area contributed by atoms with Crippen LogP contribution in [0.4, 0.5) is 13.2 Å². The van der Waals surface area contributed by atoms with E-state index in [1.54, 1.807) is 38.1 Å². The molecule has 0 saturated heterocycles. The van der Waals surface area contributed by atoms with Crippen molar-refractivity contribution in [1.29, 1.82) is 0 Å². The van der Waals surface area contributed by atoms with Gasteiger partial charge in [-0.25, -0.2) is 4.68 Å². The Balaban J connectivity index is 1.79. The molecule has 8 heteroatoms. The largest absolute Gasteiger partial charge is 0.416 e. The van der Waals surface area contributed by atoms with Crippen LogP contribution in [0.25, 0.3) is 10.8 Å². The van der Waals surface area contributed by atoms with Gasteiger partial charge in [0.2, 0.25) is 5.91 Å². The molecule has 1 N–H and O–H groups in total. The summed E-state index contributed by atoms with van der Waals surface area (Å²) in [7, 11) is 0. The van der Waals surface area contributed by atoms with Gasteiger partial charge in [0.1, 0.15) is 6.54 Å². The van der Waals surface area contributed by atoms with Gasteiger partial charge in [0, 0.05) is 5.39 Å². The van der Waals surface area contributed by atoms with Crippen LogP contribution < -0.4 is 10.9 Å². The van der Waals surface area contributed by atoms with Crippen molar-refractivity contribution in [3.05, 3.63) is 75.7 Å². The highest BCUT2D eigenvalue weighted by molar-refractivity contribution is 5.83. The van der Waals surface area contributed by atoms with Gasteiger partial charge in [-0.05, 0) is 37.6 Å². The van der Waals surface area contributed by atoms with Crippen LogP contribution in [0.5, 0.6) is 0 Å². The summed E-state index contributed by atoms with van der Waals surface area (Å²) in [6, 6.07) is 11.1. The number of amides is 1. The highest BCUT2D eigenvalue weighted by Crippen LogP contribution is 2.30. The topological polar surface area (TPSA) is 64.0 Å². The summed E-state index contributed by atoms with van der Waals surface area (Å²) < 4.78 is 39.6. The second-order valence-electron chi connectivity index (χ2n) is 6.51. The highest BCUT2D eigenvalue weighted by atomic mass is 19.4. The minimum atomic E-state index is -4.46. The van der Waals surface area contributed by atoms with Gasteiger partial charge in [0.15, 0.2) is 0 Å². The third kappa shape index (κ3) is 4.05. The fraction of sp³-hybridized carbons (Fsp3) is 0.250. The minimum absolute atomic E-state index is 0.318. The van der Waals surface area contributed by atoms with Gasteiger partial charge in [-0.1, -0.05) is 30.3 Å². The molecule has 1 atom stereocenters. The molecule has 0 fully saturated rings. The van der Waals surface area contributed by atoms with Crippen LogP contribution in [0.15, 0.2) is 53.3 Å². The summed E-state index contributed by atoms with van der Waals surface area (Å²) in [4.78, 5) is 24.9. The SMILES string of the molecule is Cc1nn(CC(=O)NC(C)c2cccc(C(F)(F)F)c2)c(=O)c2ccccc12. The van der Waals surface area contributed by atoms with Crippen molar-refractivity contribution < 1.29 is 18.0 Å². The lowest BCUT2D eigenvalue weighted by atomic mass is 10.0. The van der Waals surface area contributed by atoms with E-state index in [2.05, 4.69) is 10.4 Å². The number of nitrogens with one attached hydrogen (secondary N) is 1. The molecule has 0 aliphatic rings. The number of aromatic nitrogens is 2. The van der Waals surface area contributed by atoms with E-state index in [9.17, 15) is 22.8 Å². The van der Waals surface area contributed by atoms with Crippen molar-refractivity contribution in [2.24, 2.45) is 0 Å². The number of aryl methyl sites for hydroxylation is 1. The van der Waals surface area contributed by atoms with E-state index in [-0.39, 0.29) is 6.54 Å². The zero-order chi connectivity index (χ0) is 20.5. The number of carbonyl (C=O) groups excluding carboxylic acids is 1. The van der Waals surface area contributed by atoms with Crippen LogP contribution in [0.3, 0.4) is 0 Å². The summed E-state index contributed by atoms with van der Waals surface area (Å²) in [5, 5.41) is 7.94. The molecule has 3 aromatic rings. The molecular weight excluding hydrogens is 371 g/mol. The zero-order valence-corrected chi connectivity index (χ0v) is 15.2. The molecule has 28 heavy (non-hydrogen) atoms. The van der Waals surface area contributed by atoms with E-state index in [0.717, 1.165) is 16.8 Å². The molecule has 146 valence electrons. The molecule has 0 aliphatic carbocycles. The monoisotopic (exact) mass is 389 g/mol. The number of fused-ring (bicyclic) bond motifs is 1. The third-order valence-electron chi connectivity index (χ3n) is 4.44. The van der Waals surface area contributed by atoms with Gasteiger partial charge in [0.25, 0.3) is 5.56 Å². The first-order valence-corrected chi connectivity index (χ1v) is 8.60. The van der Waals surface area contributed by atoms with Gasteiger partial charge < -0.3 is 5.32 Å². The zero-order valence-electron chi connectivity index (χ0n) is 15.2. The smallest absolute Gasteiger partial charge is 0.348 e. The number of hydrogen-bond donors (Lipinski definition) is 1. The molecule has 1 aromatic heterocycles. The van der Waals surface area contributed by atoms with E-state index in [1.807, 2.05) is 0 Å². The summed E-state index contributed by atoms with van der Waals surface area (Å²) in [6.07, 6.45) is -4.46. The second-order valence-corrected chi connectivity index (χ2v) is 6.51. The number of halogens is 3. The molecule has 5 nitrogen and oxygen atoms in total. The van der Waals surface area contributed by atoms with Crippen molar-refractivity contribution >= 4 is 16.7 Å². The highest BCUT2D eigenvalue weighted by Gasteiger charge is 2.30. The van der Waals surface area contributed by atoms with E-state index in [4.69, 9.17) is 0 Å². The van der Waals surface area contributed by atoms with Crippen LogP contribution in [0.1, 0.15) is 29.8 Å². The van der Waals surface area contributed by atoms with Gasteiger partial charge in [-0.15, -0.1) is 0 Å². The molecule has 0 radical (unpaired) electrons. The lowest BCUT2D eigenvalue weighted by molar-refractivity contribution is -0.137. The van der Waals surface area contributed by atoms with Crippen molar-refractivity contribution in [2.45, 2.75) is 32.6 Å². The Bertz CT molecular complexity index is 1090. The fourth-order valence-electron chi connectivity index (χ4n) is 3.00. The molecule has 0 aliphatic heterocycles. The molecule has 1 heterocycles. The number of benzene rings is 2. The lowest BCUT2D eigenvalue weighted by Gasteiger charge is -2.17. The van der Waals surface area contributed by atoms with E-state index >= 15 is 0 Å². The maximum atomic E-state index is 12.9. The standard InChI is InChI=1S/C20H18F3N3O2/c1-12(14-6-5-7-15(10-14)20(21,22)23)24-18(27)11-26-19(28)17-9-4-3-8-16(17)13(2)25-26/h3-10,12H,11H2,1-2H3,(H,24,27). The minimum Gasteiger partial charge on any atom is -0.348 e. The van der Waals surface area contributed by atoms with Crippen molar-refractivity contribution in [2.75, 3.05) is 0 Å². The average Bonchev–Trinajstić information content (AvgIpc) is 2.65. The molecule has 0 spiro atoms. The molecule has 0 saturated carbocycles. The Morgan fingerprint density at radius 1 is 1.14 bits per heavy atom. The summed E-state index contributed by atoms with van der Waals surface area (Å²) in [5.74, 6) is -0.519. The average molecular weight is 389 g/mol. The van der Waals surface area contributed by atoms with Crippen molar-refractivity contribution in [3.63, 3.8) is 0 Å². The summed E-state index contributed by atoms with van der Waals surface area (Å²) >= 11 is 0. The Hall–Kier alpha value is -3.16. The van der Waals surface area contributed by atoms with Gasteiger partial charge in [0.05, 0.1) is 22.7 Å². The summed E-state index contributed by atoms with van der Waals surface area (Å²) in [5.41, 5.74) is -0.260. The Kier molecular flexibility index (Phi) is 5.22. The van der Waals surface area contributed by atoms with E-state index in [0.29, 0.717) is 22.0 Å². The normalized spacial score (nSPS) is 12.8. The Labute approximate surface area is 158 Å². The molecule has 2 aromatic carbocycles. The molecule has 0 bridgehead atoms. The van der Waals surface area contributed by atoms with Crippen LogP contribution in [-0.2, 0) is 17.5 Å². The van der Waals surface area contributed by atoms with Crippen LogP contribution in [-0.4, -0.2) is 15.7 Å². The van der Waals surface area contributed by atoms with Crippen LogP contribution >= 0.6 is 0 Å². The third-order valence-corrected chi connectivity index (χ3v) is 4.44. The number of alkyl halides is 3. The molecule has 3 rings (SSSR count). The van der Waals surface area contributed by atoms with E-state index < -0.39 is 29.2 Å². The van der Waals surface area contributed by atoms with Crippen molar-refractivity contribution in [3.8, 4) is 0 Å². The van der Waals surface area contributed by atoms with Gasteiger partial charge in [-0.3, -0.25) is 9.59 Å². The van der Waals surface area contributed by atoms with Crippen LogP contribution in [0, 0.1) is 6.92 Å². The number of rotatable bonds is 4. The maximum absolute atomic E-state index is 12.9. The number of nitrogens with zero attached hydrogens (tertiary/aromatic N) is 2. The Morgan fingerprint density at radius 2 is 1.82 bits per heavy atom. The molecule has 1 amide bonds. The predicted octanol–water partition coefficient (Wildman–Crippen LogP) is 3.60. The fourth-order valence-corrected chi connectivity index (χ4v) is 3.00. The second kappa shape index (κ2) is 7.46. The van der Waals surface area contributed by atoms with Crippen molar-refractivity contribution in [1.82, 2.24) is 15.1 Å². The predicted molar refractivity (Wildman–Crippen MR) is 98.7 cm³/mol. The molecule has 1 unspecified atom stereocenters. The number of carbonyl (C=O) groups is 1. The quantitative estimate of drug-likeness (QED) is 0.742. The maximum Gasteiger partial charge on any atom is 0.416 e. The van der Waals surface area contributed by atoms with E-state index in [1.165, 1.54) is 12.1 Å². The first-order chi connectivity index (χ1) is 13.2. The van der Waals surface area contributed by atoms with Gasteiger partial charge in [-0.2, -0.15) is 18.3 Å². The molecular formula is C20H18F3N3O2.